The number of carboxylic acid groups (broad SMARTS) is 1. The lowest BCUT2D eigenvalue weighted by Gasteiger charge is -2.18. The highest BCUT2D eigenvalue weighted by Gasteiger charge is 2.17. The molecule has 0 radical (unpaired) electrons. The second-order valence-electron chi connectivity index (χ2n) is 4.89. The molecular weight excluding hydrogens is 274 g/mol. The third-order valence-corrected chi connectivity index (χ3v) is 3.00. The minimum atomic E-state index is -1.22. The molecular formula is C15H17NO5. The van der Waals surface area contributed by atoms with Crippen molar-refractivity contribution < 1.29 is 19.7 Å². The molecule has 2 rings (SSSR count). The van der Waals surface area contributed by atoms with Gasteiger partial charge in [0.25, 0.3) is 0 Å². The molecule has 1 aromatic carbocycles. The molecule has 6 heteroatoms. The molecule has 0 spiro atoms. The largest absolute Gasteiger partial charge is 0.489 e. The maximum absolute atomic E-state index is 12.1. The third-order valence-electron chi connectivity index (χ3n) is 3.00. The summed E-state index contributed by atoms with van der Waals surface area (Å²) in [5.41, 5.74) is -0.155. The van der Waals surface area contributed by atoms with Crippen LogP contribution in [0.2, 0.25) is 0 Å². The Morgan fingerprint density at radius 1 is 1.38 bits per heavy atom. The van der Waals surface area contributed by atoms with Crippen LogP contribution in [-0.2, 0) is 6.54 Å². The number of aromatic carboxylic acids is 1. The Kier molecular flexibility index (Phi) is 4.28. The molecule has 6 nitrogen and oxygen atoms in total. The number of rotatable bonds is 5. The molecule has 0 atom stereocenters. The highest BCUT2D eigenvalue weighted by atomic mass is 16.5. The molecule has 0 aliphatic rings. The van der Waals surface area contributed by atoms with Crippen molar-refractivity contribution in [1.29, 1.82) is 0 Å². The number of hydrogen-bond donors (Lipinski definition) is 2. The van der Waals surface area contributed by atoms with E-state index in [4.69, 9.17) is 4.74 Å². The fraction of sp³-hybridized carbons (Fsp3) is 0.333. The van der Waals surface area contributed by atoms with E-state index in [9.17, 15) is 19.8 Å². The SMILES string of the molecule is CC(C)Oc1cccc2c(=O)cc(C(=O)O)n(CCO)c12. The number of fused-ring (bicyclic) bond motifs is 1. The number of nitrogens with zero attached hydrogens (tertiary/aromatic N) is 1. The summed E-state index contributed by atoms with van der Waals surface area (Å²) in [4.78, 5) is 23.4. The summed E-state index contributed by atoms with van der Waals surface area (Å²) in [6, 6.07) is 6.05. The highest BCUT2D eigenvalue weighted by molar-refractivity contribution is 5.92. The molecule has 0 bridgehead atoms. The number of aromatic nitrogens is 1. The lowest BCUT2D eigenvalue weighted by Crippen LogP contribution is -2.20. The normalized spacial score (nSPS) is 11.0. The van der Waals surface area contributed by atoms with Crippen LogP contribution in [0.5, 0.6) is 5.75 Å². The lowest BCUT2D eigenvalue weighted by molar-refractivity contribution is 0.0683. The zero-order valence-corrected chi connectivity index (χ0v) is 11.9. The smallest absolute Gasteiger partial charge is 0.352 e. The average molecular weight is 291 g/mol. The van der Waals surface area contributed by atoms with Crippen molar-refractivity contribution in [1.82, 2.24) is 4.57 Å². The molecule has 2 N–H and O–H groups in total. The predicted molar refractivity (Wildman–Crippen MR) is 78.0 cm³/mol. The summed E-state index contributed by atoms with van der Waals surface area (Å²) in [5.74, 6) is -0.794. The van der Waals surface area contributed by atoms with Crippen LogP contribution >= 0.6 is 0 Å². The molecule has 0 amide bonds. The number of aliphatic hydroxyl groups is 1. The maximum Gasteiger partial charge on any atom is 0.352 e. The van der Waals surface area contributed by atoms with Gasteiger partial charge in [0.2, 0.25) is 0 Å². The molecule has 0 fully saturated rings. The fourth-order valence-electron chi connectivity index (χ4n) is 2.26. The lowest BCUT2D eigenvalue weighted by atomic mass is 10.1. The van der Waals surface area contributed by atoms with Gasteiger partial charge in [-0.05, 0) is 26.0 Å². The van der Waals surface area contributed by atoms with E-state index in [0.717, 1.165) is 6.07 Å². The minimum Gasteiger partial charge on any atom is -0.489 e. The van der Waals surface area contributed by atoms with Gasteiger partial charge in [0.1, 0.15) is 11.4 Å². The number of hydrogen-bond acceptors (Lipinski definition) is 4. The van der Waals surface area contributed by atoms with E-state index in [-0.39, 0.29) is 30.4 Å². The number of pyridine rings is 1. The Hall–Kier alpha value is -2.34. The number of carbonyl (C=O) groups is 1. The van der Waals surface area contributed by atoms with Crippen molar-refractivity contribution in [2.24, 2.45) is 0 Å². The Balaban J connectivity index is 2.88. The van der Waals surface area contributed by atoms with E-state index in [1.54, 1.807) is 18.2 Å². The van der Waals surface area contributed by atoms with Crippen LogP contribution in [0.15, 0.2) is 29.1 Å². The molecule has 1 heterocycles. The van der Waals surface area contributed by atoms with Gasteiger partial charge in [0.05, 0.1) is 18.2 Å². The zero-order chi connectivity index (χ0) is 15.6. The van der Waals surface area contributed by atoms with Gasteiger partial charge in [-0.2, -0.15) is 0 Å². The van der Waals surface area contributed by atoms with Gasteiger partial charge < -0.3 is 19.5 Å². The van der Waals surface area contributed by atoms with Gasteiger partial charge in [-0.1, -0.05) is 6.07 Å². The Morgan fingerprint density at radius 2 is 2.10 bits per heavy atom. The number of aliphatic hydroxyl groups excluding tert-OH is 1. The van der Waals surface area contributed by atoms with Crippen LogP contribution < -0.4 is 10.2 Å². The summed E-state index contributed by atoms with van der Waals surface area (Å²) in [6.45, 7) is 3.51. The van der Waals surface area contributed by atoms with E-state index < -0.39 is 5.97 Å². The van der Waals surface area contributed by atoms with E-state index in [1.165, 1.54) is 4.57 Å². The molecule has 0 saturated carbocycles. The number of para-hydroxylation sites is 1. The first-order valence-electron chi connectivity index (χ1n) is 6.63. The summed E-state index contributed by atoms with van der Waals surface area (Å²) in [6.07, 6.45) is -0.123. The van der Waals surface area contributed by atoms with Crippen molar-refractivity contribution in [3.05, 3.63) is 40.2 Å². The summed E-state index contributed by atoms with van der Waals surface area (Å²) >= 11 is 0. The topological polar surface area (TPSA) is 88.8 Å². The zero-order valence-electron chi connectivity index (χ0n) is 11.9. The van der Waals surface area contributed by atoms with Gasteiger partial charge >= 0.3 is 5.97 Å². The Bertz CT molecular complexity index is 733. The summed E-state index contributed by atoms with van der Waals surface area (Å²) < 4.78 is 7.07. The molecule has 112 valence electrons. The first-order chi connectivity index (χ1) is 9.95. The van der Waals surface area contributed by atoms with Crippen LogP contribution in [0.4, 0.5) is 0 Å². The first-order valence-corrected chi connectivity index (χ1v) is 6.63. The molecule has 0 saturated heterocycles. The quantitative estimate of drug-likeness (QED) is 0.871. The molecule has 0 unspecified atom stereocenters. The fourth-order valence-corrected chi connectivity index (χ4v) is 2.26. The molecule has 1 aromatic heterocycles. The van der Waals surface area contributed by atoms with Crippen LogP contribution in [0.1, 0.15) is 24.3 Å². The average Bonchev–Trinajstić information content (AvgIpc) is 2.41. The van der Waals surface area contributed by atoms with Crippen molar-refractivity contribution in [3.8, 4) is 5.75 Å². The molecule has 2 aromatic rings. The molecule has 0 aliphatic heterocycles. The van der Waals surface area contributed by atoms with Gasteiger partial charge in [-0.3, -0.25) is 4.79 Å². The highest BCUT2D eigenvalue weighted by Crippen LogP contribution is 2.26. The van der Waals surface area contributed by atoms with Crippen LogP contribution in [-0.4, -0.2) is 33.5 Å². The Labute approximate surface area is 121 Å². The third kappa shape index (κ3) is 2.90. The van der Waals surface area contributed by atoms with Gasteiger partial charge in [-0.15, -0.1) is 0 Å². The van der Waals surface area contributed by atoms with Gasteiger partial charge in [0.15, 0.2) is 5.43 Å². The number of ether oxygens (including phenoxy) is 1. The predicted octanol–water partition coefficient (Wildman–Crippen LogP) is 1.48. The standard InChI is InChI=1S/C15H17NO5/c1-9(2)21-13-5-3-4-10-12(18)8-11(15(19)20)16(6-7-17)14(10)13/h3-5,8-9,17H,6-7H2,1-2H3,(H,19,20). The van der Waals surface area contributed by atoms with E-state index in [1.807, 2.05) is 13.8 Å². The van der Waals surface area contributed by atoms with Crippen LogP contribution in [0, 0.1) is 0 Å². The molecule has 0 aliphatic carbocycles. The van der Waals surface area contributed by atoms with E-state index in [2.05, 4.69) is 0 Å². The van der Waals surface area contributed by atoms with Gasteiger partial charge in [0, 0.05) is 18.0 Å². The Morgan fingerprint density at radius 3 is 2.67 bits per heavy atom. The monoisotopic (exact) mass is 291 g/mol. The van der Waals surface area contributed by atoms with Crippen molar-refractivity contribution in [2.45, 2.75) is 26.5 Å². The van der Waals surface area contributed by atoms with Crippen molar-refractivity contribution >= 4 is 16.9 Å². The van der Waals surface area contributed by atoms with Crippen LogP contribution in [0.25, 0.3) is 10.9 Å². The number of benzene rings is 1. The maximum atomic E-state index is 12.1. The van der Waals surface area contributed by atoms with Crippen LogP contribution in [0.3, 0.4) is 0 Å². The van der Waals surface area contributed by atoms with E-state index >= 15 is 0 Å². The minimum absolute atomic E-state index is 0.0664. The second kappa shape index (κ2) is 5.97. The van der Waals surface area contributed by atoms with E-state index in [0.29, 0.717) is 16.7 Å². The van der Waals surface area contributed by atoms with Gasteiger partial charge in [-0.25, -0.2) is 4.79 Å². The first kappa shape index (κ1) is 15.1. The van der Waals surface area contributed by atoms with Crippen molar-refractivity contribution in [2.75, 3.05) is 6.61 Å². The van der Waals surface area contributed by atoms with Crippen molar-refractivity contribution in [3.63, 3.8) is 0 Å². The summed E-state index contributed by atoms with van der Waals surface area (Å²) in [7, 11) is 0. The summed E-state index contributed by atoms with van der Waals surface area (Å²) in [5, 5.41) is 18.8. The second-order valence-corrected chi connectivity index (χ2v) is 4.89. The molecule has 21 heavy (non-hydrogen) atoms. The number of carboxylic acids is 1.